The number of ether oxygens (including phenoxy) is 3. The first-order valence-corrected chi connectivity index (χ1v) is 10.1. The highest BCUT2D eigenvalue weighted by molar-refractivity contribution is 7.99. The predicted molar refractivity (Wildman–Crippen MR) is 117 cm³/mol. The number of nitrogens with zero attached hydrogens (tertiary/aromatic N) is 3. The summed E-state index contributed by atoms with van der Waals surface area (Å²) in [7, 11) is 6.46. The maximum absolute atomic E-state index is 12.5. The van der Waals surface area contributed by atoms with Crippen LogP contribution in [0.5, 0.6) is 17.2 Å². The molecular formula is C21H24N4O4S. The van der Waals surface area contributed by atoms with Crippen LogP contribution in [-0.4, -0.2) is 47.8 Å². The Morgan fingerprint density at radius 3 is 2.23 bits per heavy atom. The first-order chi connectivity index (χ1) is 14.5. The number of benzene rings is 2. The van der Waals surface area contributed by atoms with Gasteiger partial charge in [0.1, 0.15) is 0 Å². The molecular weight excluding hydrogens is 404 g/mol. The van der Waals surface area contributed by atoms with Crippen LogP contribution in [0.3, 0.4) is 0 Å². The molecule has 3 rings (SSSR count). The van der Waals surface area contributed by atoms with Gasteiger partial charge < -0.3 is 24.1 Å². The summed E-state index contributed by atoms with van der Waals surface area (Å²) >= 11 is 1.31. The molecule has 8 nitrogen and oxygen atoms in total. The number of amides is 1. The molecule has 0 unspecified atom stereocenters. The first kappa shape index (κ1) is 21.5. The number of rotatable bonds is 8. The van der Waals surface area contributed by atoms with E-state index in [1.165, 1.54) is 38.7 Å². The number of aryl methyl sites for hydroxylation is 1. The summed E-state index contributed by atoms with van der Waals surface area (Å²) in [5.74, 6) is 2.15. The van der Waals surface area contributed by atoms with Crippen molar-refractivity contribution in [1.29, 1.82) is 0 Å². The third kappa shape index (κ3) is 4.68. The Kier molecular flexibility index (Phi) is 6.83. The predicted octanol–water partition coefficient (Wildman–Crippen LogP) is 3.55. The average molecular weight is 429 g/mol. The van der Waals surface area contributed by atoms with Crippen LogP contribution >= 0.6 is 11.8 Å². The molecule has 0 atom stereocenters. The van der Waals surface area contributed by atoms with Gasteiger partial charge in [-0.2, -0.15) is 0 Å². The van der Waals surface area contributed by atoms with E-state index < -0.39 is 0 Å². The van der Waals surface area contributed by atoms with Gasteiger partial charge >= 0.3 is 0 Å². The second kappa shape index (κ2) is 9.53. The molecule has 1 aromatic heterocycles. The maximum atomic E-state index is 12.5. The molecule has 9 heteroatoms. The van der Waals surface area contributed by atoms with Crippen LogP contribution in [0.1, 0.15) is 5.56 Å². The number of hydrogen-bond acceptors (Lipinski definition) is 7. The van der Waals surface area contributed by atoms with Crippen LogP contribution in [-0.2, 0) is 11.8 Å². The summed E-state index contributed by atoms with van der Waals surface area (Å²) < 4.78 is 17.8. The van der Waals surface area contributed by atoms with Crippen LogP contribution in [0, 0.1) is 6.92 Å². The highest BCUT2D eigenvalue weighted by Crippen LogP contribution is 2.40. The van der Waals surface area contributed by atoms with Crippen LogP contribution in [0.15, 0.2) is 41.6 Å². The number of aromatic nitrogens is 3. The Balaban J connectivity index is 1.67. The lowest BCUT2D eigenvalue weighted by atomic mass is 10.1. The van der Waals surface area contributed by atoms with E-state index in [2.05, 4.69) is 15.5 Å². The van der Waals surface area contributed by atoms with E-state index in [1.54, 1.807) is 12.1 Å². The smallest absolute Gasteiger partial charge is 0.234 e. The number of carbonyl (C=O) groups is 1. The quantitative estimate of drug-likeness (QED) is 0.549. The van der Waals surface area contributed by atoms with Crippen molar-refractivity contribution in [3.63, 3.8) is 0 Å². The Morgan fingerprint density at radius 1 is 1.03 bits per heavy atom. The molecule has 1 heterocycles. The third-order valence-corrected chi connectivity index (χ3v) is 5.45. The Bertz CT molecular complexity index is 1010. The van der Waals surface area contributed by atoms with Gasteiger partial charge in [-0.05, 0) is 6.92 Å². The standard InChI is InChI=1S/C21H24N4O4S/c1-13-6-8-14(9-7-13)20-23-24-21(25(20)2)30-12-18(26)22-15-10-16(27-3)19(29-5)17(11-15)28-4/h6-11H,12H2,1-5H3,(H,22,26). The van der Waals surface area contributed by atoms with Gasteiger partial charge in [-0.3, -0.25) is 4.79 Å². The van der Waals surface area contributed by atoms with Crippen LogP contribution in [0.2, 0.25) is 0 Å². The molecule has 0 aliphatic carbocycles. The van der Waals surface area contributed by atoms with Crippen LogP contribution in [0.25, 0.3) is 11.4 Å². The molecule has 158 valence electrons. The third-order valence-electron chi connectivity index (χ3n) is 4.43. The number of carbonyl (C=O) groups excluding carboxylic acids is 1. The van der Waals surface area contributed by atoms with Crippen molar-refractivity contribution in [2.75, 3.05) is 32.4 Å². The van der Waals surface area contributed by atoms with Crippen molar-refractivity contribution < 1.29 is 19.0 Å². The van der Waals surface area contributed by atoms with Gasteiger partial charge in [0, 0.05) is 30.4 Å². The number of hydrogen-bond donors (Lipinski definition) is 1. The number of thioether (sulfide) groups is 1. The fraction of sp³-hybridized carbons (Fsp3) is 0.286. The molecule has 0 spiro atoms. The number of methoxy groups -OCH3 is 3. The lowest BCUT2D eigenvalue weighted by Gasteiger charge is -2.14. The van der Waals surface area contributed by atoms with Gasteiger partial charge in [0.25, 0.3) is 0 Å². The Labute approximate surface area is 179 Å². The van der Waals surface area contributed by atoms with E-state index in [9.17, 15) is 4.79 Å². The molecule has 0 fully saturated rings. The summed E-state index contributed by atoms with van der Waals surface area (Å²) in [6, 6.07) is 11.4. The van der Waals surface area contributed by atoms with E-state index in [4.69, 9.17) is 14.2 Å². The molecule has 0 saturated carbocycles. The zero-order valence-corrected chi connectivity index (χ0v) is 18.4. The van der Waals surface area contributed by atoms with Crippen molar-refractivity contribution in [2.24, 2.45) is 7.05 Å². The molecule has 1 amide bonds. The second-order valence-corrected chi connectivity index (χ2v) is 7.42. The summed E-state index contributed by atoms with van der Waals surface area (Å²) in [4.78, 5) is 12.5. The minimum Gasteiger partial charge on any atom is -0.493 e. The van der Waals surface area contributed by atoms with E-state index in [0.717, 1.165) is 11.4 Å². The monoisotopic (exact) mass is 428 g/mol. The fourth-order valence-corrected chi connectivity index (χ4v) is 3.59. The van der Waals surface area contributed by atoms with Crippen LogP contribution in [0.4, 0.5) is 5.69 Å². The lowest BCUT2D eigenvalue weighted by molar-refractivity contribution is -0.113. The Morgan fingerprint density at radius 2 is 1.67 bits per heavy atom. The second-order valence-electron chi connectivity index (χ2n) is 6.48. The molecule has 2 aromatic carbocycles. The summed E-state index contributed by atoms with van der Waals surface area (Å²) in [6.07, 6.45) is 0. The minimum absolute atomic E-state index is 0.177. The number of anilines is 1. The van der Waals surface area contributed by atoms with Crippen molar-refractivity contribution >= 4 is 23.4 Å². The number of nitrogens with one attached hydrogen (secondary N) is 1. The largest absolute Gasteiger partial charge is 0.493 e. The average Bonchev–Trinajstić information content (AvgIpc) is 3.12. The fourth-order valence-electron chi connectivity index (χ4n) is 2.88. The van der Waals surface area contributed by atoms with Crippen LogP contribution < -0.4 is 19.5 Å². The highest BCUT2D eigenvalue weighted by atomic mass is 32.2. The zero-order valence-electron chi connectivity index (χ0n) is 17.6. The maximum Gasteiger partial charge on any atom is 0.234 e. The summed E-state index contributed by atoms with van der Waals surface area (Å²) in [5.41, 5.74) is 2.71. The normalized spacial score (nSPS) is 10.6. The molecule has 0 bridgehead atoms. The van der Waals surface area contributed by atoms with Gasteiger partial charge in [0.05, 0.1) is 27.1 Å². The minimum atomic E-state index is -0.186. The van der Waals surface area contributed by atoms with Crippen molar-refractivity contribution in [3.8, 4) is 28.6 Å². The lowest BCUT2D eigenvalue weighted by Crippen LogP contribution is -2.14. The zero-order chi connectivity index (χ0) is 21.7. The molecule has 0 aliphatic heterocycles. The van der Waals surface area contributed by atoms with Crippen molar-refractivity contribution in [2.45, 2.75) is 12.1 Å². The summed E-state index contributed by atoms with van der Waals surface area (Å²) in [5, 5.41) is 12.0. The van der Waals surface area contributed by atoms with E-state index in [1.807, 2.05) is 42.8 Å². The van der Waals surface area contributed by atoms with Gasteiger partial charge in [0.15, 0.2) is 22.5 Å². The first-order valence-electron chi connectivity index (χ1n) is 9.16. The van der Waals surface area contributed by atoms with Crippen molar-refractivity contribution in [3.05, 3.63) is 42.0 Å². The van der Waals surface area contributed by atoms with E-state index >= 15 is 0 Å². The van der Waals surface area contributed by atoms with Gasteiger partial charge in [-0.1, -0.05) is 41.6 Å². The Hall–Kier alpha value is -3.20. The van der Waals surface area contributed by atoms with Gasteiger partial charge in [-0.25, -0.2) is 0 Å². The highest BCUT2D eigenvalue weighted by Gasteiger charge is 2.16. The molecule has 0 radical (unpaired) electrons. The SMILES string of the molecule is COc1cc(NC(=O)CSc2nnc(-c3ccc(C)cc3)n2C)cc(OC)c1OC. The molecule has 1 N–H and O–H groups in total. The molecule has 30 heavy (non-hydrogen) atoms. The van der Waals surface area contributed by atoms with Gasteiger partial charge in [-0.15, -0.1) is 10.2 Å². The molecule has 0 aliphatic rings. The van der Waals surface area contributed by atoms with Gasteiger partial charge in [0.2, 0.25) is 11.7 Å². The van der Waals surface area contributed by atoms with E-state index in [-0.39, 0.29) is 11.7 Å². The molecule has 0 saturated heterocycles. The topological polar surface area (TPSA) is 87.5 Å². The molecule has 3 aromatic rings. The van der Waals surface area contributed by atoms with E-state index in [0.29, 0.717) is 28.1 Å². The summed E-state index contributed by atoms with van der Waals surface area (Å²) in [6.45, 7) is 2.04. The van der Waals surface area contributed by atoms with Crippen molar-refractivity contribution in [1.82, 2.24) is 14.8 Å².